The topological polar surface area (TPSA) is 23.8 Å². The second kappa shape index (κ2) is 6.59. The summed E-state index contributed by atoms with van der Waals surface area (Å²) in [5, 5.41) is 9.18. The summed E-state index contributed by atoms with van der Waals surface area (Å²) in [4.78, 5) is 0. The van der Waals surface area contributed by atoms with Gasteiger partial charge in [-0.1, -0.05) is 56.9 Å². The van der Waals surface area contributed by atoms with Crippen LogP contribution in [0.4, 0.5) is 0 Å². The second-order valence-corrected chi connectivity index (χ2v) is 5.47. The summed E-state index contributed by atoms with van der Waals surface area (Å²) >= 11 is 0. The zero-order chi connectivity index (χ0) is 12.8. The zero-order valence-electron chi connectivity index (χ0n) is 11.4. The van der Waals surface area contributed by atoms with Crippen LogP contribution < -0.4 is 0 Å². The number of hydrogen-bond donors (Lipinski definition) is 0. The quantitative estimate of drug-likeness (QED) is 0.716. The zero-order valence-corrected chi connectivity index (χ0v) is 11.4. The van der Waals surface area contributed by atoms with E-state index in [9.17, 15) is 5.26 Å². The molecule has 1 aliphatic carbocycles. The summed E-state index contributed by atoms with van der Waals surface area (Å²) in [5.41, 5.74) is 2.67. The minimum atomic E-state index is 0.0791. The maximum atomic E-state index is 9.18. The van der Waals surface area contributed by atoms with E-state index in [-0.39, 0.29) is 5.92 Å². The minimum Gasteiger partial charge on any atom is -0.198 e. The van der Waals surface area contributed by atoms with Crippen LogP contribution in [-0.2, 0) is 0 Å². The van der Waals surface area contributed by atoms with Crippen LogP contribution in [0.2, 0.25) is 0 Å². The van der Waals surface area contributed by atoms with Gasteiger partial charge in [0.1, 0.15) is 0 Å². The lowest BCUT2D eigenvalue weighted by atomic mass is 9.83. The van der Waals surface area contributed by atoms with Gasteiger partial charge in [-0.2, -0.15) is 5.26 Å². The van der Waals surface area contributed by atoms with Crippen LogP contribution in [0.25, 0.3) is 0 Å². The van der Waals surface area contributed by atoms with Gasteiger partial charge in [0.05, 0.1) is 12.0 Å². The first-order valence-corrected chi connectivity index (χ1v) is 7.34. The van der Waals surface area contributed by atoms with Crippen molar-refractivity contribution >= 4 is 0 Å². The number of nitriles is 1. The molecule has 1 aromatic carbocycles. The Labute approximate surface area is 111 Å². The molecule has 1 heteroatoms. The normalized spacial score (nSPS) is 18.2. The molecule has 0 saturated heterocycles. The summed E-state index contributed by atoms with van der Waals surface area (Å²) in [6.07, 6.45) is 8.89. The highest BCUT2D eigenvalue weighted by atomic mass is 14.3. The molecule has 1 atom stereocenters. The van der Waals surface area contributed by atoms with E-state index in [1.807, 2.05) is 0 Å². The van der Waals surface area contributed by atoms with Crippen LogP contribution in [0.5, 0.6) is 0 Å². The molecular weight excluding hydrogens is 218 g/mol. The van der Waals surface area contributed by atoms with E-state index in [1.54, 1.807) is 0 Å². The third kappa shape index (κ3) is 3.13. The highest BCUT2D eigenvalue weighted by molar-refractivity contribution is 5.30. The van der Waals surface area contributed by atoms with Crippen molar-refractivity contribution in [1.82, 2.24) is 0 Å². The van der Waals surface area contributed by atoms with E-state index in [0.717, 1.165) is 18.8 Å². The maximum absolute atomic E-state index is 9.18. The van der Waals surface area contributed by atoms with E-state index in [2.05, 4.69) is 37.3 Å². The van der Waals surface area contributed by atoms with Crippen LogP contribution in [0.1, 0.15) is 74.8 Å². The van der Waals surface area contributed by atoms with Crippen LogP contribution in [0.3, 0.4) is 0 Å². The Bertz CT molecular complexity index is 393. The molecule has 0 spiro atoms. The predicted octanol–water partition coefficient (Wildman–Crippen LogP) is 5.14. The van der Waals surface area contributed by atoms with Gasteiger partial charge in [0.2, 0.25) is 0 Å². The first-order valence-electron chi connectivity index (χ1n) is 7.34. The van der Waals surface area contributed by atoms with Crippen LogP contribution in [-0.4, -0.2) is 0 Å². The lowest BCUT2D eigenvalue weighted by Crippen LogP contribution is -2.04. The van der Waals surface area contributed by atoms with Crippen LogP contribution in [0.15, 0.2) is 24.3 Å². The average molecular weight is 241 g/mol. The standard InChI is InChI=1S/C17H23N/c1-2-6-17(13-18)16-11-9-15(10-12-16)14-7-4-3-5-8-14/h9-12,14,17H,2-8H2,1H3. The van der Waals surface area contributed by atoms with Gasteiger partial charge in [0, 0.05) is 0 Å². The van der Waals surface area contributed by atoms with Crippen LogP contribution >= 0.6 is 0 Å². The largest absolute Gasteiger partial charge is 0.198 e. The van der Waals surface area contributed by atoms with Crippen molar-refractivity contribution in [2.45, 2.75) is 63.7 Å². The van der Waals surface area contributed by atoms with Gasteiger partial charge in [-0.25, -0.2) is 0 Å². The Hall–Kier alpha value is -1.29. The molecule has 0 heterocycles. The molecule has 1 saturated carbocycles. The molecule has 0 aliphatic heterocycles. The van der Waals surface area contributed by atoms with Gasteiger partial charge in [-0.05, 0) is 36.3 Å². The lowest BCUT2D eigenvalue weighted by Gasteiger charge is -2.22. The molecule has 0 radical (unpaired) electrons. The molecule has 1 nitrogen and oxygen atoms in total. The molecule has 0 amide bonds. The Kier molecular flexibility index (Phi) is 4.81. The summed E-state index contributed by atoms with van der Waals surface area (Å²) in [5.74, 6) is 0.843. The number of hydrogen-bond acceptors (Lipinski definition) is 1. The van der Waals surface area contributed by atoms with Gasteiger partial charge in [0.15, 0.2) is 0 Å². The summed E-state index contributed by atoms with van der Waals surface area (Å²) < 4.78 is 0. The van der Waals surface area contributed by atoms with E-state index in [4.69, 9.17) is 0 Å². The highest BCUT2D eigenvalue weighted by Gasteiger charge is 2.16. The lowest BCUT2D eigenvalue weighted by molar-refractivity contribution is 0.443. The molecule has 96 valence electrons. The first kappa shape index (κ1) is 13.1. The fourth-order valence-electron chi connectivity index (χ4n) is 3.03. The maximum Gasteiger partial charge on any atom is 0.0712 e. The van der Waals surface area contributed by atoms with Crippen molar-refractivity contribution in [3.8, 4) is 6.07 Å². The molecule has 0 aromatic heterocycles. The van der Waals surface area contributed by atoms with Crippen molar-refractivity contribution < 1.29 is 0 Å². The Morgan fingerprint density at radius 3 is 2.39 bits per heavy atom. The molecule has 0 bridgehead atoms. The van der Waals surface area contributed by atoms with E-state index in [1.165, 1.54) is 43.2 Å². The van der Waals surface area contributed by atoms with Gasteiger partial charge < -0.3 is 0 Å². The van der Waals surface area contributed by atoms with Crippen molar-refractivity contribution in [3.05, 3.63) is 35.4 Å². The van der Waals surface area contributed by atoms with Crippen molar-refractivity contribution in [2.24, 2.45) is 0 Å². The molecule has 1 unspecified atom stereocenters. The van der Waals surface area contributed by atoms with Crippen molar-refractivity contribution in [2.75, 3.05) is 0 Å². The molecular formula is C17H23N. The third-order valence-electron chi connectivity index (χ3n) is 4.15. The predicted molar refractivity (Wildman–Crippen MR) is 75.5 cm³/mol. The molecule has 0 N–H and O–H groups in total. The Balaban J connectivity index is 2.06. The van der Waals surface area contributed by atoms with E-state index in [0.29, 0.717) is 0 Å². The summed E-state index contributed by atoms with van der Waals surface area (Å²) in [6.45, 7) is 2.14. The molecule has 1 aliphatic rings. The summed E-state index contributed by atoms with van der Waals surface area (Å²) in [6, 6.07) is 11.3. The van der Waals surface area contributed by atoms with Gasteiger partial charge in [-0.15, -0.1) is 0 Å². The highest BCUT2D eigenvalue weighted by Crippen LogP contribution is 2.33. The monoisotopic (exact) mass is 241 g/mol. The first-order chi connectivity index (χ1) is 8.85. The van der Waals surface area contributed by atoms with Crippen molar-refractivity contribution in [3.63, 3.8) is 0 Å². The second-order valence-electron chi connectivity index (χ2n) is 5.47. The SMILES string of the molecule is CCCC(C#N)c1ccc(C2CCCCC2)cc1. The average Bonchev–Trinajstić information content (AvgIpc) is 2.46. The van der Waals surface area contributed by atoms with Gasteiger partial charge >= 0.3 is 0 Å². The smallest absolute Gasteiger partial charge is 0.0712 e. The number of rotatable bonds is 4. The van der Waals surface area contributed by atoms with Crippen LogP contribution in [0, 0.1) is 11.3 Å². The minimum absolute atomic E-state index is 0.0791. The summed E-state index contributed by atoms with van der Waals surface area (Å²) in [7, 11) is 0. The number of benzene rings is 1. The fraction of sp³-hybridized carbons (Fsp3) is 0.588. The molecule has 18 heavy (non-hydrogen) atoms. The Morgan fingerprint density at radius 2 is 1.83 bits per heavy atom. The van der Waals surface area contributed by atoms with E-state index >= 15 is 0 Å². The molecule has 1 aromatic rings. The third-order valence-corrected chi connectivity index (χ3v) is 4.15. The van der Waals surface area contributed by atoms with Gasteiger partial charge in [-0.3, -0.25) is 0 Å². The fourth-order valence-corrected chi connectivity index (χ4v) is 3.03. The van der Waals surface area contributed by atoms with Gasteiger partial charge in [0.25, 0.3) is 0 Å². The Morgan fingerprint density at radius 1 is 1.17 bits per heavy atom. The molecule has 2 rings (SSSR count). The molecule has 1 fully saturated rings. The number of nitrogens with zero attached hydrogens (tertiary/aromatic N) is 1. The van der Waals surface area contributed by atoms with E-state index < -0.39 is 0 Å². The van der Waals surface area contributed by atoms with Crippen molar-refractivity contribution in [1.29, 1.82) is 5.26 Å².